The standard InChI is InChI=1S/C18H36N4.HI/c1-4-19-17(20-13-7-8-14-21(5-2)6-3)22-15-12-18(16-22)10-9-11-18;/h4-16H2,1-3H3,(H,19,20);1H. The van der Waals surface area contributed by atoms with Crippen LogP contribution in [-0.4, -0.2) is 61.6 Å². The van der Waals surface area contributed by atoms with Gasteiger partial charge in [0, 0.05) is 26.2 Å². The Balaban J connectivity index is 0.00000264. The minimum absolute atomic E-state index is 0. The fraction of sp³-hybridized carbons (Fsp3) is 0.944. The highest BCUT2D eigenvalue weighted by Gasteiger charge is 2.43. The summed E-state index contributed by atoms with van der Waals surface area (Å²) in [5.74, 6) is 1.16. The lowest BCUT2D eigenvalue weighted by molar-refractivity contribution is 0.151. The molecule has 1 saturated carbocycles. The Hall–Kier alpha value is -0.0400. The third-order valence-corrected chi connectivity index (χ3v) is 5.53. The number of guanidine groups is 1. The molecule has 0 radical (unpaired) electrons. The Morgan fingerprint density at radius 1 is 1.13 bits per heavy atom. The van der Waals surface area contributed by atoms with E-state index in [9.17, 15) is 0 Å². The fourth-order valence-corrected chi connectivity index (χ4v) is 3.80. The number of hydrogen-bond donors (Lipinski definition) is 1. The topological polar surface area (TPSA) is 30.9 Å². The molecule has 0 unspecified atom stereocenters. The van der Waals surface area contributed by atoms with Crippen LogP contribution in [0.2, 0.25) is 0 Å². The molecule has 0 aromatic rings. The van der Waals surface area contributed by atoms with Crippen LogP contribution >= 0.6 is 24.0 Å². The van der Waals surface area contributed by atoms with E-state index in [0.717, 1.165) is 32.1 Å². The zero-order valence-electron chi connectivity index (χ0n) is 15.4. The van der Waals surface area contributed by atoms with Crippen molar-refractivity contribution < 1.29 is 0 Å². The second-order valence-electron chi connectivity index (χ2n) is 6.99. The number of nitrogens with zero attached hydrogens (tertiary/aromatic N) is 3. The lowest BCUT2D eigenvalue weighted by atomic mass is 9.68. The Morgan fingerprint density at radius 2 is 1.87 bits per heavy atom. The number of likely N-dealkylation sites (tertiary alicyclic amines) is 1. The summed E-state index contributed by atoms with van der Waals surface area (Å²) in [6, 6.07) is 0. The third kappa shape index (κ3) is 6.07. The molecule has 0 atom stereocenters. The first-order valence-corrected chi connectivity index (χ1v) is 9.48. The predicted octanol–water partition coefficient (Wildman–Crippen LogP) is 3.57. The van der Waals surface area contributed by atoms with Gasteiger partial charge in [-0.25, -0.2) is 0 Å². The maximum absolute atomic E-state index is 4.88. The Bertz CT molecular complexity index is 351. The third-order valence-electron chi connectivity index (χ3n) is 5.53. The molecule has 1 aliphatic carbocycles. The van der Waals surface area contributed by atoms with Crippen molar-refractivity contribution >= 4 is 29.9 Å². The van der Waals surface area contributed by atoms with Crippen LogP contribution in [0, 0.1) is 5.41 Å². The van der Waals surface area contributed by atoms with Gasteiger partial charge >= 0.3 is 0 Å². The van der Waals surface area contributed by atoms with E-state index in [0.29, 0.717) is 5.41 Å². The van der Waals surface area contributed by atoms with Gasteiger partial charge in [0.1, 0.15) is 0 Å². The minimum Gasteiger partial charge on any atom is -0.357 e. The Kier molecular flexibility index (Phi) is 9.82. The van der Waals surface area contributed by atoms with E-state index in [2.05, 4.69) is 35.9 Å². The van der Waals surface area contributed by atoms with Gasteiger partial charge in [-0.05, 0) is 64.1 Å². The average molecular weight is 436 g/mol. The van der Waals surface area contributed by atoms with E-state index in [1.807, 2.05) is 0 Å². The molecule has 4 nitrogen and oxygen atoms in total. The minimum atomic E-state index is 0. The first-order chi connectivity index (χ1) is 10.7. The highest BCUT2D eigenvalue weighted by molar-refractivity contribution is 14.0. The molecule has 5 heteroatoms. The summed E-state index contributed by atoms with van der Waals surface area (Å²) in [6.45, 7) is 14.6. The van der Waals surface area contributed by atoms with Crippen LogP contribution in [0.4, 0.5) is 0 Å². The molecular formula is C18H37IN4. The molecule has 23 heavy (non-hydrogen) atoms. The van der Waals surface area contributed by atoms with Crippen molar-refractivity contribution in [2.75, 3.05) is 45.8 Å². The van der Waals surface area contributed by atoms with Crippen LogP contribution in [0.1, 0.15) is 59.3 Å². The van der Waals surface area contributed by atoms with Gasteiger partial charge in [0.25, 0.3) is 0 Å². The van der Waals surface area contributed by atoms with Crippen molar-refractivity contribution in [3.63, 3.8) is 0 Å². The largest absolute Gasteiger partial charge is 0.357 e. The van der Waals surface area contributed by atoms with Gasteiger partial charge in [0.2, 0.25) is 0 Å². The van der Waals surface area contributed by atoms with Crippen molar-refractivity contribution in [3.05, 3.63) is 0 Å². The first kappa shape index (κ1) is 21.0. The van der Waals surface area contributed by atoms with Gasteiger partial charge < -0.3 is 15.1 Å². The molecule has 0 aromatic carbocycles. The summed E-state index contributed by atoms with van der Waals surface area (Å²) in [6.07, 6.45) is 8.14. The zero-order valence-corrected chi connectivity index (χ0v) is 17.8. The molecule has 2 rings (SSSR count). The van der Waals surface area contributed by atoms with Crippen molar-refractivity contribution in [1.82, 2.24) is 15.1 Å². The van der Waals surface area contributed by atoms with Crippen molar-refractivity contribution in [1.29, 1.82) is 0 Å². The monoisotopic (exact) mass is 436 g/mol. The number of hydrogen-bond acceptors (Lipinski definition) is 2. The SMILES string of the molecule is CCNC(=NCCCCN(CC)CC)N1CCC2(CCC2)C1.I. The predicted molar refractivity (Wildman–Crippen MR) is 111 cm³/mol. The molecule has 1 saturated heterocycles. The van der Waals surface area contributed by atoms with Gasteiger partial charge in [0.15, 0.2) is 5.96 Å². The van der Waals surface area contributed by atoms with Crippen LogP contribution in [-0.2, 0) is 0 Å². The maximum atomic E-state index is 4.88. The van der Waals surface area contributed by atoms with Gasteiger partial charge in [0.05, 0.1) is 0 Å². The van der Waals surface area contributed by atoms with Crippen LogP contribution in [0.3, 0.4) is 0 Å². The maximum Gasteiger partial charge on any atom is 0.193 e. The lowest BCUT2D eigenvalue weighted by Crippen LogP contribution is -2.42. The van der Waals surface area contributed by atoms with Crippen LogP contribution in [0.5, 0.6) is 0 Å². The number of aliphatic imine (C=N–C) groups is 1. The summed E-state index contributed by atoms with van der Waals surface area (Å²) in [4.78, 5) is 9.88. The summed E-state index contributed by atoms with van der Waals surface area (Å²) < 4.78 is 0. The van der Waals surface area contributed by atoms with Gasteiger partial charge in [-0.3, -0.25) is 4.99 Å². The quantitative estimate of drug-likeness (QED) is 0.273. The van der Waals surface area contributed by atoms with Crippen LogP contribution < -0.4 is 5.32 Å². The smallest absolute Gasteiger partial charge is 0.193 e. The molecular weight excluding hydrogens is 399 g/mol. The molecule has 1 N–H and O–H groups in total. The van der Waals surface area contributed by atoms with E-state index < -0.39 is 0 Å². The zero-order chi connectivity index (χ0) is 15.8. The molecule has 0 amide bonds. The van der Waals surface area contributed by atoms with E-state index in [4.69, 9.17) is 4.99 Å². The van der Waals surface area contributed by atoms with Crippen LogP contribution in [0.15, 0.2) is 4.99 Å². The van der Waals surface area contributed by atoms with E-state index in [1.165, 1.54) is 58.2 Å². The highest BCUT2D eigenvalue weighted by atomic mass is 127. The molecule has 1 heterocycles. The van der Waals surface area contributed by atoms with Crippen LogP contribution in [0.25, 0.3) is 0 Å². The van der Waals surface area contributed by atoms with Crippen molar-refractivity contribution in [2.45, 2.75) is 59.3 Å². The molecule has 2 fully saturated rings. The number of nitrogens with one attached hydrogen (secondary N) is 1. The van der Waals surface area contributed by atoms with E-state index >= 15 is 0 Å². The normalized spacial score (nSPS) is 19.8. The van der Waals surface area contributed by atoms with Gasteiger partial charge in [-0.15, -0.1) is 24.0 Å². The highest BCUT2D eigenvalue weighted by Crippen LogP contribution is 2.47. The Morgan fingerprint density at radius 3 is 2.39 bits per heavy atom. The first-order valence-electron chi connectivity index (χ1n) is 9.48. The molecule has 0 aromatic heterocycles. The molecule has 1 aliphatic heterocycles. The van der Waals surface area contributed by atoms with Crippen molar-refractivity contribution in [3.8, 4) is 0 Å². The van der Waals surface area contributed by atoms with Gasteiger partial charge in [-0.1, -0.05) is 20.3 Å². The van der Waals surface area contributed by atoms with Crippen molar-refractivity contribution in [2.24, 2.45) is 10.4 Å². The second kappa shape index (κ2) is 10.7. The van der Waals surface area contributed by atoms with Gasteiger partial charge in [-0.2, -0.15) is 0 Å². The number of rotatable bonds is 8. The lowest BCUT2D eigenvalue weighted by Gasteiger charge is -2.38. The molecule has 136 valence electrons. The second-order valence-corrected chi connectivity index (χ2v) is 6.99. The molecule has 0 bridgehead atoms. The van der Waals surface area contributed by atoms with E-state index in [1.54, 1.807) is 0 Å². The number of halogens is 1. The molecule has 1 spiro atoms. The summed E-state index contributed by atoms with van der Waals surface area (Å²) in [5, 5.41) is 3.50. The average Bonchev–Trinajstić information content (AvgIpc) is 2.95. The fourth-order valence-electron chi connectivity index (χ4n) is 3.80. The Labute approximate surface area is 160 Å². The van der Waals surface area contributed by atoms with E-state index in [-0.39, 0.29) is 24.0 Å². The summed E-state index contributed by atoms with van der Waals surface area (Å²) >= 11 is 0. The number of unbranched alkanes of at least 4 members (excludes halogenated alkanes) is 1. The summed E-state index contributed by atoms with van der Waals surface area (Å²) in [5.41, 5.74) is 0.652. The summed E-state index contributed by atoms with van der Waals surface area (Å²) in [7, 11) is 0. The molecule has 2 aliphatic rings.